The Labute approximate surface area is 110 Å². The third-order valence-corrected chi connectivity index (χ3v) is 3.97. The van der Waals surface area contributed by atoms with E-state index in [9.17, 15) is 5.11 Å². The van der Waals surface area contributed by atoms with Gasteiger partial charge in [0.2, 0.25) is 0 Å². The zero-order valence-corrected chi connectivity index (χ0v) is 11.3. The van der Waals surface area contributed by atoms with Gasteiger partial charge in [0.05, 0.1) is 6.61 Å². The van der Waals surface area contributed by atoms with Crippen molar-refractivity contribution in [1.29, 1.82) is 0 Å². The van der Waals surface area contributed by atoms with Crippen LogP contribution in [-0.4, -0.2) is 34.2 Å². The highest BCUT2D eigenvalue weighted by molar-refractivity contribution is 5.18. The summed E-state index contributed by atoms with van der Waals surface area (Å²) in [5.74, 6) is 0. The van der Waals surface area contributed by atoms with Crippen LogP contribution in [0.4, 0.5) is 0 Å². The Morgan fingerprint density at radius 3 is 2.78 bits per heavy atom. The van der Waals surface area contributed by atoms with E-state index in [1.165, 1.54) is 37.7 Å². The molecule has 100 valence electrons. The minimum absolute atomic E-state index is 0.246. The van der Waals surface area contributed by atoms with E-state index >= 15 is 0 Å². The molecule has 0 atom stereocenters. The lowest BCUT2D eigenvalue weighted by atomic mass is 9.94. The van der Waals surface area contributed by atoms with Gasteiger partial charge in [-0.3, -0.25) is 9.88 Å². The summed E-state index contributed by atoms with van der Waals surface area (Å²) in [6, 6.07) is 4.79. The minimum Gasteiger partial charge on any atom is -0.395 e. The van der Waals surface area contributed by atoms with Gasteiger partial charge < -0.3 is 5.11 Å². The van der Waals surface area contributed by atoms with E-state index in [1.807, 2.05) is 12.3 Å². The number of pyridine rings is 1. The Morgan fingerprint density at radius 1 is 1.33 bits per heavy atom. The summed E-state index contributed by atoms with van der Waals surface area (Å²) in [4.78, 5) is 6.78. The van der Waals surface area contributed by atoms with Crippen LogP contribution in [0.15, 0.2) is 18.3 Å². The second kappa shape index (κ2) is 6.86. The van der Waals surface area contributed by atoms with Gasteiger partial charge in [0.15, 0.2) is 0 Å². The van der Waals surface area contributed by atoms with Crippen LogP contribution in [-0.2, 0) is 6.54 Å². The molecule has 0 amide bonds. The van der Waals surface area contributed by atoms with Gasteiger partial charge in [0.25, 0.3) is 0 Å². The Kier molecular flexibility index (Phi) is 5.14. The summed E-state index contributed by atoms with van der Waals surface area (Å²) in [6.45, 7) is 4.01. The SMILES string of the molecule is Cc1ncccc1CN(CCO)C1CCCCC1. The maximum absolute atomic E-state index is 9.26. The quantitative estimate of drug-likeness (QED) is 0.870. The van der Waals surface area contributed by atoms with Crippen molar-refractivity contribution in [2.45, 2.75) is 51.6 Å². The number of hydrogen-bond acceptors (Lipinski definition) is 3. The highest BCUT2D eigenvalue weighted by Gasteiger charge is 2.21. The molecule has 0 radical (unpaired) electrons. The zero-order valence-electron chi connectivity index (χ0n) is 11.3. The predicted molar refractivity (Wildman–Crippen MR) is 73.3 cm³/mol. The molecule has 3 heteroatoms. The lowest BCUT2D eigenvalue weighted by molar-refractivity contribution is 0.117. The molecule has 0 saturated heterocycles. The lowest BCUT2D eigenvalue weighted by Gasteiger charge is -2.34. The number of hydrogen-bond donors (Lipinski definition) is 1. The van der Waals surface area contributed by atoms with Crippen LogP contribution in [0.3, 0.4) is 0 Å². The van der Waals surface area contributed by atoms with Gasteiger partial charge >= 0.3 is 0 Å². The van der Waals surface area contributed by atoms with Gasteiger partial charge in [0, 0.05) is 31.0 Å². The standard InChI is InChI=1S/C15H24N2O/c1-13-14(6-5-9-16-13)12-17(10-11-18)15-7-3-2-4-8-15/h5-6,9,15,18H,2-4,7-8,10-12H2,1H3. The van der Waals surface area contributed by atoms with Crippen molar-refractivity contribution < 1.29 is 5.11 Å². The maximum Gasteiger partial charge on any atom is 0.0558 e. The fraction of sp³-hybridized carbons (Fsp3) is 0.667. The first kappa shape index (κ1) is 13.5. The summed E-state index contributed by atoms with van der Waals surface area (Å²) in [6.07, 6.45) is 8.43. The van der Waals surface area contributed by atoms with Crippen LogP contribution >= 0.6 is 0 Å². The second-order valence-electron chi connectivity index (χ2n) is 5.23. The topological polar surface area (TPSA) is 36.4 Å². The van der Waals surface area contributed by atoms with Crippen molar-refractivity contribution in [2.24, 2.45) is 0 Å². The molecular weight excluding hydrogens is 224 g/mol. The van der Waals surface area contributed by atoms with Gasteiger partial charge in [0.1, 0.15) is 0 Å². The van der Waals surface area contributed by atoms with Gasteiger partial charge in [-0.2, -0.15) is 0 Å². The van der Waals surface area contributed by atoms with Crippen molar-refractivity contribution in [3.05, 3.63) is 29.6 Å². The molecule has 1 saturated carbocycles. The van der Waals surface area contributed by atoms with Gasteiger partial charge in [-0.05, 0) is 31.4 Å². The average molecular weight is 248 g/mol. The highest BCUT2D eigenvalue weighted by atomic mass is 16.3. The lowest BCUT2D eigenvalue weighted by Crippen LogP contribution is -2.38. The normalized spacial score (nSPS) is 17.3. The molecular formula is C15H24N2O. The first-order chi connectivity index (χ1) is 8.81. The van der Waals surface area contributed by atoms with E-state index in [0.29, 0.717) is 6.04 Å². The van der Waals surface area contributed by atoms with Crippen molar-refractivity contribution in [2.75, 3.05) is 13.2 Å². The monoisotopic (exact) mass is 248 g/mol. The number of rotatable bonds is 5. The number of aromatic nitrogens is 1. The van der Waals surface area contributed by atoms with E-state index in [2.05, 4.69) is 22.9 Å². The highest BCUT2D eigenvalue weighted by Crippen LogP contribution is 2.24. The summed E-state index contributed by atoms with van der Waals surface area (Å²) >= 11 is 0. The zero-order chi connectivity index (χ0) is 12.8. The number of aliphatic hydroxyl groups is 1. The third-order valence-electron chi connectivity index (χ3n) is 3.97. The van der Waals surface area contributed by atoms with Crippen LogP contribution in [0.2, 0.25) is 0 Å². The third kappa shape index (κ3) is 3.53. The van der Waals surface area contributed by atoms with Crippen LogP contribution in [0.5, 0.6) is 0 Å². The molecule has 1 fully saturated rings. The molecule has 1 aromatic rings. The molecule has 2 rings (SSSR count). The Morgan fingerprint density at radius 2 is 2.11 bits per heavy atom. The minimum atomic E-state index is 0.246. The van der Waals surface area contributed by atoms with E-state index in [4.69, 9.17) is 0 Å². The van der Waals surface area contributed by atoms with Crippen LogP contribution in [0.25, 0.3) is 0 Å². The summed E-state index contributed by atoms with van der Waals surface area (Å²) in [5, 5.41) is 9.26. The van der Waals surface area contributed by atoms with Gasteiger partial charge in [-0.25, -0.2) is 0 Å². The first-order valence-electron chi connectivity index (χ1n) is 7.06. The molecule has 1 aliphatic carbocycles. The fourth-order valence-electron chi connectivity index (χ4n) is 2.87. The smallest absolute Gasteiger partial charge is 0.0558 e. The van der Waals surface area contributed by atoms with Crippen LogP contribution in [0.1, 0.15) is 43.4 Å². The molecule has 0 spiro atoms. The Hall–Kier alpha value is -0.930. The summed E-state index contributed by atoms with van der Waals surface area (Å²) in [5.41, 5.74) is 2.40. The largest absolute Gasteiger partial charge is 0.395 e. The molecule has 0 unspecified atom stereocenters. The molecule has 1 aliphatic rings. The molecule has 0 aromatic carbocycles. The van der Waals surface area contributed by atoms with Crippen LogP contribution in [0, 0.1) is 6.92 Å². The van der Waals surface area contributed by atoms with Crippen molar-refractivity contribution in [3.8, 4) is 0 Å². The molecule has 3 nitrogen and oxygen atoms in total. The number of aliphatic hydroxyl groups excluding tert-OH is 1. The summed E-state index contributed by atoms with van der Waals surface area (Å²) < 4.78 is 0. The molecule has 1 aromatic heterocycles. The fourth-order valence-corrected chi connectivity index (χ4v) is 2.87. The molecule has 0 aliphatic heterocycles. The molecule has 0 bridgehead atoms. The summed E-state index contributed by atoms with van der Waals surface area (Å²) in [7, 11) is 0. The van der Waals surface area contributed by atoms with Gasteiger partial charge in [-0.15, -0.1) is 0 Å². The molecule has 1 N–H and O–H groups in total. The van der Waals surface area contributed by atoms with Crippen molar-refractivity contribution in [1.82, 2.24) is 9.88 Å². The van der Waals surface area contributed by atoms with Gasteiger partial charge in [-0.1, -0.05) is 25.3 Å². The van der Waals surface area contributed by atoms with E-state index in [0.717, 1.165) is 18.8 Å². The average Bonchev–Trinajstić information content (AvgIpc) is 2.42. The number of nitrogens with zero attached hydrogens (tertiary/aromatic N) is 2. The Balaban J connectivity index is 2.03. The number of aryl methyl sites for hydroxylation is 1. The van der Waals surface area contributed by atoms with Crippen molar-refractivity contribution >= 4 is 0 Å². The Bertz CT molecular complexity index is 361. The van der Waals surface area contributed by atoms with E-state index in [-0.39, 0.29) is 6.61 Å². The van der Waals surface area contributed by atoms with Crippen molar-refractivity contribution in [3.63, 3.8) is 0 Å². The first-order valence-corrected chi connectivity index (χ1v) is 7.06. The van der Waals surface area contributed by atoms with Crippen LogP contribution < -0.4 is 0 Å². The van der Waals surface area contributed by atoms with E-state index in [1.54, 1.807) is 0 Å². The predicted octanol–water partition coefficient (Wildman–Crippen LogP) is 2.52. The molecule has 1 heterocycles. The second-order valence-corrected chi connectivity index (χ2v) is 5.23. The molecule has 18 heavy (non-hydrogen) atoms. The maximum atomic E-state index is 9.26. The van der Waals surface area contributed by atoms with E-state index < -0.39 is 0 Å².